The van der Waals surface area contributed by atoms with E-state index in [-0.39, 0.29) is 5.95 Å². The first-order chi connectivity index (χ1) is 12.2. The first kappa shape index (κ1) is 17.0. The summed E-state index contributed by atoms with van der Waals surface area (Å²) >= 11 is 3.54. The Morgan fingerprint density at radius 2 is 2.00 bits per heavy atom. The van der Waals surface area contributed by atoms with Crippen LogP contribution in [0.3, 0.4) is 0 Å². The summed E-state index contributed by atoms with van der Waals surface area (Å²) in [7, 11) is 1.60. The Labute approximate surface area is 153 Å². The van der Waals surface area contributed by atoms with Gasteiger partial charge >= 0.3 is 0 Å². The molecule has 1 heterocycles. The number of hydrogen-bond acceptors (Lipinski definition) is 7. The molecule has 0 saturated carbocycles. The second-order valence-electron chi connectivity index (χ2n) is 5.17. The Kier molecular flexibility index (Phi) is 5.34. The van der Waals surface area contributed by atoms with Crippen LogP contribution in [0.2, 0.25) is 0 Å². The summed E-state index contributed by atoms with van der Waals surface area (Å²) in [5.41, 5.74) is 10.7. The predicted molar refractivity (Wildman–Crippen MR) is 96.8 cm³/mol. The number of anilines is 1. The third-order valence-electron chi connectivity index (χ3n) is 3.44. The zero-order valence-corrected chi connectivity index (χ0v) is 15.1. The fourth-order valence-electron chi connectivity index (χ4n) is 2.22. The number of nitrogens with zero attached hydrogens (tertiary/aromatic N) is 4. The van der Waals surface area contributed by atoms with Crippen molar-refractivity contribution < 1.29 is 9.47 Å². The molecule has 0 aliphatic rings. The molecule has 130 valence electrons. The van der Waals surface area contributed by atoms with E-state index >= 15 is 0 Å². The van der Waals surface area contributed by atoms with Gasteiger partial charge in [-0.2, -0.15) is 0 Å². The van der Waals surface area contributed by atoms with Gasteiger partial charge in [0.05, 0.1) is 18.1 Å². The van der Waals surface area contributed by atoms with E-state index in [1.165, 1.54) is 4.79 Å². The minimum absolute atomic E-state index is 0.189. The van der Waals surface area contributed by atoms with Gasteiger partial charge in [0.25, 0.3) is 5.95 Å². The molecule has 3 aromatic rings. The van der Waals surface area contributed by atoms with Crippen LogP contribution >= 0.6 is 15.9 Å². The van der Waals surface area contributed by atoms with Gasteiger partial charge in [-0.1, -0.05) is 35.4 Å². The highest BCUT2D eigenvalue weighted by Crippen LogP contribution is 2.37. The normalized spacial score (nSPS) is 10.5. The monoisotopic (exact) mass is 404 g/mol. The molecular weight excluding hydrogens is 388 g/mol. The summed E-state index contributed by atoms with van der Waals surface area (Å²) in [6.45, 7) is 0.914. The number of ether oxygens (including phenoxy) is 2. The summed E-state index contributed by atoms with van der Waals surface area (Å²) in [6.07, 6.45) is 0. The molecule has 0 fully saturated rings. The van der Waals surface area contributed by atoms with Gasteiger partial charge in [-0.15, -0.1) is 4.79 Å². The molecule has 8 nitrogen and oxygen atoms in total. The van der Waals surface area contributed by atoms with Crippen molar-refractivity contribution in [2.75, 3.05) is 18.3 Å². The second-order valence-corrected chi connectivity index (χ2v) is 6.02. The molecule has 2 aromatic carbocycles. The Bertz CT molecular complexity index is 840. The molecule has 0 spiro atoms. The molecule has 0 radical (unpaired) electrons. The van der Waals surface area contributed by atoms with E-state index in [1.54, 1.807) is 7.11 Å². The molecule has 0 bridgehead atoms. The third-order valence-corrected chi connectivity index (χ3v) is 4.03. The molecule has 0 unspecified atom stereocenters. The van der Waals surface area contributed by atoms with E-state index in [4.69, 9.17) is 15.2 Å². The fourth-order valence-corrected chi connectivity index (χ4v) is 2.82. The van der Waals surface area contributed by atoms with Crippen molar-refractivity contribution in [2.45, 2.75) is 13.2 Å². The van der Waals surface area contributed by atoms with Gasteiger partial charge in [-0.3, -0.25) is 0 Å². The molecule has 0 atom stereocenters. The highest BCUT2D eigenvalue weighted by Gasteiger charge is 2.12. The van der Waals surface area contributed by atoms with E-state index in [0.717, 1.165) is 15.6 Å². The quantitative estimate of drug-likeness (QED) is 0.623. The van der Waals surface area contributed by atoms with Gasteiger partial charge in [-0.05, 0) is 49.6 Å². The standard InChI is InChI=1S/C16H17BrN6O2/c1-24-14-8-12(9-19-23-16(18)20-21-22-23)7-13(17)15(14)25-10-11-5-3-2-4-6-11/h2-8,19H,9-10H2,1H3,(H2,18,20,22). The van der Waals surface area contributed by atoms with Crippen LogP contribution < -0.4 is 20.6 Å². The van der Waals surface area contributed by atoms with Crippen LogP contribution in [0.5, 0.6) is 11.5 Å². The number of benzene rings is 2. The Morgan fingerprint density at radius 3 is 2.68 bits per heavy atom. The molecule has 3 N–H and O–H groups in total. The highest BCUT2D eigenvalue weighted by atomic mass is 79.9. The maximum Gasteiger partial charge on any atom is 0.260 e. The molecule has 3 rings (SSSR count). The minimum atomic E-state index is 0.189. The second kappa shape index (κ2) is 7.84. The Balaban J connectivity index is 1.73. The Hall–Kier alpha value is -2.81. The number of hydrogen-bond donors (Lipinski definition) is 2. The zero-order valence-electron chi connectivity index (χ0n) is 13.5. The van der Waals surface area contributed by atoms with E-state index in [2.05, 4.69) is 36.9 Å². The molecule has 0 aliphatic carbocycles. The van der Waals surface area contributed by atoms with Crippen LogP contribution in [0, 0.1) is 0 Å². The largest absolute Gasteiger partial charge is 0.493 e. The lowest BCUT2D eigenvalue weighted by Crippen LogP contribution is -2.18. The lowest BCUT2D eigenvalue weighted by molar-refractivity contribution is 0.282. The summed E-state index contributed by atoms with van der Waals surface area (Å²) in [5.74, 6) is 1.47. The highest BCUT2D eigenvalue weighted by molar-refractivity contribution is 9.10. The van der Waals surface area contributed by atoms with Crippen molar-refractivity contribution in [1.29, 1.82) is 0 Å². The summed E-state index contributed by atoms with van der Waals surface area (Å²) in [6, 6.07) is 13.8. The average Bonchev–Trinajstić information content (AvgIpc) is 3.04. The first-order valence-electron chi connectivity index (χ1n) is 7.48. The van der Waals surface area contributed by atoms with Crippen molar-refractivity contribution in [3.05, 3.63) is 58.1 Å². The van der Waals surface area contributed by atoms with Crippen molar-refractivity contribution in [1.82, 2.24) is 20.3 Å². The number of tetrazole rings is 1. The van der Waals surface area contributed by atoms with Gasteiger partial charge in [-0.25, -0.2) is 0 Å². The number of methoxy groups -OCH3 is 1. The molecule has 9 heteroatoms. The topological polar surface area (TPSA) is 100 Å². The van der Waals surface area contributed by atoms with Crippen molar-refractivity contribution in [2.24, 2.45) is 0 Å². The van der Waals surface area contributed by atoms with Crippen LogP contribution in [0.4, 0.5) is 5.95 Å². The number of nitrogens with one attached hydrogen (secondary N) is 1. The van der Waals surface area contributed by atoms with Crippen molar-refractivity contribution in [3.63, 3.8) is 0 Å². The molecule has 25 heavy (non-hydrogen) atoms. The SMILES string of the molecule is COc1cc(CNn2nnnc2N)cc(Br)c1OCc1ccccc1. The lowest BCUT2D eigenvalue weighted by atomic mass is 10.2. The summed E-state index contributed by atoms with van der Waals surface area (Å²) in [5, 5.41) is 10.8. The molecule has 1 aromatic heterocycles. The van der Waals surface area contributed by atoms with Gasteiger partial charge in [0.2, 0.25) is 0 Å². The van der Waals surface area contributed by atoms with E-state index in [9.17, 15) is 0 Å². The van der Waals surface area contributed by atoms with E-state index in [1.807, 2.05) is 42.5 Å². The van der Waals surface area contributed by atoms with Crippen molar-refractivity contribution in [3.8, 4) is 11.5 Å². The van der Waals surface area contributed by atoms with Crippen LogP contribution in [0.1, 0.15) is 11.1 Å². The van der Waals surface area contributed by atoms with Gasteiger partial charge < -0.3 is 20.6 Å². The number of nitrogen functional groups attached to an aromatic ring is 1. The Morgan fingerprint density at radius 1 is 1.20 bits per heavy atom. The molecular formula is C16H17BrN6O2. The average molecular weight is 405 g/mol. The minimum Gasteiger partial charge on any atom is -0.493 e. The van der Waals surface area contributed by atoms with Gasteiger partial charge in [0.15, 0.2) is 11.5 Å². The molecule has 0 saturated heterocycles. The fraction of sp³-hybridized carbons (Fsp3) is 0.188. The number of rotatable bonds is 7. The number of nitrogens with two attached hydrogens (primary N) is 1. The van der Waals surface area contributed by atoms with Gasteiger partial charge in [0.1, 0.15) is 6.61 Å². The van der Waals surface area contributed by atoms with E-state index < -0.39 is 0 Å². The van der Waals surface area contributed by atoms with Crippen LogP contribution in [0.25, 0.3) is 0 Å². The third kappa shape index (κ3) is 4.18. The summed E-state index contributed by atoms with van der Waals surface area (Å²) < 4.78 is 12.2. The molecule has 0 aliphatic heterocycles. The maximum absolute atomic E-state index is 5.92. The van der Waals surface area contributed by atoms with Crippen LogP contribution in [-0.4, -0.2) is 27.4 Å². The number of aromatic nitrogens is 4. The lowest BCUT2D eigenvalue weighted by Gasteiger charge is -2.15. The van der Waals surface area contributed by atoms with Crippen LogP contribution in [-0.2, 0) is 13.2 Å². The zero-order chi connectivity index (χ0) is 17.6. The van der Waals surface area contributed by atoms with Crippen molar-refractivity contribution >= 4 is 21.9 Å². The summed E-state index contributed by atoms with van der Waals surface area (Å²) in [4.78, 5) is 1.31. The predicted octanol–water partition coefficient (Wildman–Crippen LogP) is 2.35. The molecule has 0 amide bonds. The first-order valence-corrected chi connectivity index (χ1v) is 8.27. The van der Waals surface area contributed by atoms with Crippen LogP contribution in [0.15, 0.2) is 46.9 Å². The van der Waals surface area contributed by atoms with Gasteiger partial charge in [0, 0.05) is 0 Å². The maximum atomic E-state index is 5.92. The van der Waals surface area contributed by atoms with E-state index in [0.29, 0.717) is 24.7 Å². The number of halogens is 1. The smallest absolute Gasteiger partial charge is 0.260 e.